The Morgan fingerprint density at radius 3 is 2.22 bits per heavy atom. The van der Waals surface area contributed by atoms with Gasteiger partial charge in [-0.25, -0.2) is 0 Å². The maximum Gasteiger partial charge on any atom is 0.209 e. The topological polar surface area (TPSA) is 6.25 Å². The molecule has 0 unspecified atom stereocenters. The number of allylic oxidation sites excluding steroid dienone is 6. The zero-order valence-electron chi connectivity index (χ0n) is 23.5. The predicted molar refractivity (Wildman–Crippen MR) is 157 cm³/mol. The number of hydrogen-bond donors (Lipinski definition) is 0. The third kappa shape index (κ3) is 5.01. The Bertz CT molecular complexity index is 1200. The van der Waals surface area contributed by atoms with E-state index in [0.29, 0.717) is 0 Å². The van der Waals surface area contributed by atoms with Gasteiger partial charge in [0.2, 0.25) is 5.69 Å². The molecule has 2 nitrogen and oxygen atoms in total. The van der Waals surface area contributed by atoms with Gasteiger partial charge in [-0.2, -0.15) is 4.58 Å². The van der Waals surface area contributed by atoms with Crippen LogP contribution >= 0.6 is 0 Å². The number of nitrogens with zero attached hydrogens (tertiary/aromatic N) is 2. The number of rotatable bonds is 9. The molecule has 4 rings (SSSR count). The van der Waals surface area contributed by atoms with Gasteiger partial charge in [0, 0.05) is 41.1 Å². The van der Waals surface area contributed by atoms with Gasteiger partial charge >= 0.3 is 0 Å². The van der Waals surface area contributed by atoms with Crippen LogP contribution in [0.1, 0.15) is 78.4 Å². The first-order valence-corrected chi connectivity index (χ1v) is 13.8. The normalized spacial score (nSPS) is 19.3. The Hall–Kier alpha value is -2.87. The molecule has 2 aliphatic heterocycles. The van der Waals surface area contributed by atoms with Crippen molar-refractivity contribution in [2.45, 2.75) is 78.1 Å². The van der Waals surface area contributed by atoms with E-state index in [1.54, 1.807) is 0 Å². The van der Waals surface area contributed by atoms with Crippen molar-refractivity contribution in [3.63, 3.8) is 0 Å². The second-order valence-electron chi connectivity index (χ2n) is 11.9. The molecule has 36 heavy (non-hydrogen) atoms. The molecule has 0 radical (unpaired) electrons. The maximum absolute atomic E-state index is 2.57. The first-order chi connectivity index (χ1) is 17.2. The lowest BCUT2D eigenvalue weighted by atomic mass is 9.81. The monoisotopic (exact) mass is 481 g/mol. The fourth-order valence-corrected chi connectivity index (χ4v) is 6.04. The number of fused-ring (bicyclic) bond motifs is 2. The van der Waals surface area contributed by atoms with Crippen molar-refractivity contribution in [2.75, 3.05) is 18.5 Å². The third-order valence-electron chi connectivity index (χ3n) is 8.13. The molecule has 2 aliphatic rings. The van der Waals surface area contributed by atoms with Gasteiger partial charge in [0.05, 0.1) is 5.41 Å². The highest BCUT2D eigenvalue weighted by molar-refractivity contribution is 6.03. The Kier molecular flexibility index (Phi) is 7.73. The van der Waals surface area contributed by atoms with E-state index < -0.39 is 0 Å². The Balaban J connectivity index is 1.51. The number of unbranched alkanes of at least 4 members (excludes halogenated alkanes) is 2. The molecule has 0 aromatic heterocycles. The van der Waals surface area contributed by atoms with Crippen molar-refractivity contribution in [3.8, 4) is 0 Å². The zero-order chi connectivity index (χ0) is 25.9. The van der Waals surface area contributed by atoms with Crippen LogP contribution in [0.25, 0.3) is 0 Å². The van der Waals surface area contributed by atoms with Gasteiger partial charge in [0.25, 0.3) is 0 Å². The molecular weight excluding hydrogens is 436 g/mol. The quantitative estimate of drug-likeness (QED) is 0.197. The molecule has 2 heterocycles. The van der Waals surface area contributed by atoms with E-state index in [0.717, 1.165) is 12.5 Å². The van der Waals surface area contributed by atoms with E-state index in [4.69, 9.17) is 0 Å². The summed E-state index contributed by atoms with van der Waals surface area (Å²) in [6, 6.07) is 17.7. The van der Waals surface area contributed by atoms with E-state index >= 15 is 0 Å². The number of para-hydroxylation sites is 2. The van der Waals surface area contributed by atoms with Gasteiger partial charge in [-0.05, 0) is 43.9 Å². The summed E-state index contributed by atoms with van der Waals surface area (Å²) < 4.78 is 2.33. The van der Waals surface area contributed by atoms with Crippen LogP contribution in [0.2, 0.25) is 0 Å². The largest absolute Gasteiger partial charge is 0.344 e. The molecule has 0 spiro atoms. The number of benzene rings is 2. The van der Waals surface area contributed by atoms with Crippen molar-refractivity contribution < 1.29 is 4.58 Å². The van der Waals surface area contributed by atoms with Crippen LogP contribution in [-0.2, 0) is 10.8 Å². The summed E-state index contributed by atoms with van der Waals surface area (Å²) >= 11 is 0. The minimum absolute atomic E-state index is 0.00658. The van der Waals surface area contributed by atoms with Crippen LogP contribution in [0.5, 0.6) is 0 Å². The minimum atomic E-state index is 0.00658. The van der Waals surface area contributed by atoms with E-state index in [-0.39, 0.29) is 10.8 Å². The molecule has 0 bridgehead atoms. The summed E-state index contributed by atoms with van der Waals surface area (Å²) in [6.45, 7) is 15.1. The first kappa shape index (κ1) is 26.2. The molecular formula is C34H45N2+. The molecule has 190 valence electrons. The van der Waals surface area contributed by atoms with Crippen molar-refractivity contribution in [1.29, 1.82) is 0 Å². The van der Waals surface area contributed by atoms with Gasteiger partial charge in [0.1, 0.15) is 7.05 Å². The Morgan fingerprint density at radius 1 is 0.806 bits per heavy atom. The SMILES string of the molecule is CC(C)CCCCCN1/C(=C/C=C/C=C/C2=[N+](C)c3ccccc3C2(C)C)C(C)(C)c2ccccc21. The molecule has 2 aromatic carbocycles. The van der Waals surface area contributed by atoms with Crippen LogP contribution < -0.4 is 4.90 Å². The van der Waals surface area contributed by atoms with Crippen LogP contribution in [0, 0.1) is 5.92 Å². The van der Waals surface area contributed by atoms with Crippen molar-refractivity contribution in [1.82, 2.24) is 0 Å². The van der Waals surface area contributed by atoms with Crippen molar-refractivity contribution >= 4 is 17.1 Å². The Morgan fingerprint density at radius 2 is 1.50 bits per heavy atom. The van der Waals surface area contributed by atoms with Crippen molar-refractivity contribution in [2.24, 2.45) is 5.92 Å². The average molecular weight is 482 g/mol. The first-order valence-electron chi connectivity index (χ1n) is 13.8. The highest BCUT2D eigenvalue weighted by atomic mass is 15.2. The molecule has 0 saturated carbocycles. The van der Waals surface area contributed by atoms with E-state index in [2.05, 4.69) is 137 Å². The summed E-state index contributed by atoms with van der Waals surface area (Å²) in [5.41, 5.74) is 8.26. The minimum Gasteiger partial charge on any atom is -0.344 e. The lowest BCUT2D eigenvalue weighted by Crippen LogP contribution is -2.27. The van der Waals surface area contributed by atoms with Gasteiger partial charge < -0.3 is 4.90 Å². The zero-order valence-corrected chi connectivity index (χ0v) is 23.5. The van der Waals surface area contributed by atoms with E-state index in [1.165, 1.54) is 59.6 Å². The van der Waals surface area contributed by atoms with Gasteiger partial charge in [-0.15, -0.1) is 0 Å². The van der Waals surface area contributed by atoms with Gasteiger partial charge in [-0.1, -0.05) is 102 Å². The lowest BCUT2D eigenvalue weighted by Gasteiger charge is -2.27. The van der Waals surface area contributed by atoms with Gasteiger partial charge in [-0.3, -0.25) is 0 Å². The molecule has 0 saturated heterocycles. The second-order valence-corrected chi connectivity index (χ2v) is 11.9. The Labute approximate surface area is 219 Å². The molecule has 0 fully saturated rings. The highest BCUT2D eigenvalue weighted by Crippen LogP contribution is 2.47. The predicted octanol–water partition coefficient (Wildman–Crippen LogP) is 8.70. The molecule has 0 aliphatic carbocycles. The lowest BCUT2D eigenvalue weighted by molar-refractivity contribution is -0.401. The highest BCUT2D eigenvalue weighted by Gasteiger charge is 2.42. The molecule has 0 amide bonds. The van der Waals surface area contributed by atoms with E-state index in [9.17, 15) is 0 Å². The maximum atomic E-state index is 2.57. The standard InChI is InChI=1S/C34H45N2/c1-26(2)18-10-9-17-25-36-30-22-16-14-20-28(30)34(5,6)32(36)24-12-8-11-23-31-33(3,4)27-19-13-15-21-29(27)35(31)7/h8,11-16,19-24,26H,9-10,17-18,25H2,1-7H3/q+1. The average Bonchev–Trinajstić information content (AvgIpc) is 3.18. The summed E-state index contributed by atoms with van der Waals surface area (Å²) in [4.78, 5) is 2.57. The van der Waals surface area contributed by atoms with Crippen LogP contribution in [0.3, 0.4) is 0 Å². The number of hydrogen-bond acceptors (Lipinski definition) is 1. The molecule has 2 aromatic rings. The fourth-order valence-electron chi connectivity index (χ4n) is 6.04. The fraction of sp³-hybridized carbons (Fsp3) is 0.441. The summed E-state index contributed by atoms with van der Waals surface area (Å²) in [6.07, 6.45) is 16.4. The summed E-state index contributed by atoms with van der Waals surface area (Å²) in [5.74, 6) is 0.798. The molecule has 0 atom stereocenters. The van der Waals surface area contributed by atoms with Crippen LogP contribution in [-0.4, -0.2) is 23.9 Å². The second kappa shape index (κ2) is 10.6. The molecule has 2 heteroatoms. The van der Waals surface area contributed by atoms with Gasteiger partial charge in [0.15, 0.2) is 5.71 Å². The smallest absolute Gasteiger partial charge is 0.209 e. The van der Waals surface area contributed by atoms with Crippen molar-refractivity contribution in [3.05, 3.63) is 95.7 Å². The summed E-state index contributed by atoms with van der Waals surface area (Å²) in [7, 11) is 2.18. The molecule has 0 N–H and O–H groups in total. The van der Waals surface area contributed by atoms with E-state index in [1.807, 2.05) is 0 Å². The van der Waals surface area contributed by atoms with Crippen LogP contribution in [0.15, 0.2) is 84.6 Å². The third-order valence-corrected chi connectivity index (χ3v) is 8.13. The number of anilines is 1. The van der Waals surface area contributed by atoms with Crippen LogP contribution in [0.4, 0.5) is 11.4 Å². The summed E-state index contributed by atoms with van der Waals surface area (Å²) in [5, 5.41) is 0.